The molecule has 242 valence electrons. The van der Waals surface area contributed by atoms with Gasteiger partial charge in [-0.3, -0.25) is 19.2 Å². The molecule has 4 amide bonds. The average molecular weight is 627 g/mol. The van der Waals surface area contributed by atoms with Gasteiger partial charge in [0.1, 0.15) is 12.1 Å². The minimum Gasteiger partial charge on any atom is -0.453 e. The van der Waals surface area contributed by atoms with E-state index in [0.717, 1.165) is 34.7 Å². The van der Waals surface area contributed by atoms with Gasteiger partial charge in [0.05, 0.1) is 19.6 Å². The van der Waals surface area contributed by atoms with Gasteiger partial charge in [-0.15, -0.1) is 0 Å². The number of likely N-dealkylation sites (tertiary alicyclic amines) is 2. The number of hydrogen-bond acceptors (Lipinski definition) is 6. The Hall–Kier alpha value is -4.73. The highest BCUT2D eigenvalue weighted by molar-refractivity contribution is 6.00. The van der Waals surface area contributed by atoms with Gasteiger partial charge in [-0.05, 0) is 65.6 Å². The Balaban J connectivity index is 1.21. The van der Waals surface area contributed by atoms with Crippen LogP contribution in [0, 0.1) is 5.92 Å². The number of hydrogen-bond donors (Lipinski definition) is 2. The van der Waals surface area contributed by atoms with E-state index in [1.54, 1.807) is 9.80 Å². The molecule has 2 aliphatic rings. The molecule has 2 saturated heterocycles. The van der Waals surface area contributed by atoms with Crippen LogP contribution in [-0.2, 0) is 36.8 Å². The SMILES string of the molecule is COC(=O)N[C@H](C(=O)N1CCC[C@H]1C(=O)Cc1ccc2cc(NC(=O)[C@@H]3CCCN3C(=O)Cc3ccccc3)ccc2c1)C(C)C. The quantitative estimate of drug-likeness (QED) is 0.342. The van der Waals surface area contributed by atoms with Gasteiger partial charge in [-0.25, -0.2) is 4.79 Å². The molecule has 5 rings (SSSR count). The third kappa shape index (κ3) is 7.55. The Morgan fingerprint density at radius 1 is 0.804 bits per heavy atom. The van der Waals surface area contributed by atoms with Crippen LogP contribution in [0.5, 0.6) is 0 Å². The molecule has 2 fully saturated rings. The number of nitrogens with one attached hydrogen (secondary N) is 2. The Kier molecular flexibility index (Phi) is 10.3. The van der Waals surface area contributed by atoms with E-state index in [2.05, 4.69) is 15.4 Å². The first-order valence-electron chi connectivity index (χ1n) is 16.0. The van der Waals surface area contributed by atoms with E-state index in [-0.39, 0.29) is 42.3 Å². The molecule has 0 unspecified atom stereocenters. The van der Waals surface area contributed by atoms with E-state index in [9.17, 15) is 24.0 Å². The van der Waals surface area contributed by atoms with Crippen LogP contribution in [0.25, 0.3) is 10.8 Å². The number of nitrogens with zero attached hydrogens (tertiary/aromatic N) is 2. The number of Topliss-reactive ketones (excluding diaryl/α,β-unsaturated/α-hetero) is 1. The van der Waals surface area contributed by atoms with Crippen molar-refractivity contribution in [3.63, 3.8) is 0 Å². The second-order valence-corrected chi connectivity index (χ2v) is 12.5. The van der Waals surface area contributed by atoms with Crippen molar-refractivity contribution < 1.29 is 28.7 Å². The summed E-state index contributed by atoms with van der Waals surface area (Å²) in [4.78, 5) is 68.1. The van der Waals surface area contributed by atoms with E-state index < -0.39 is 24.2 Å². The minimum absolute atomic E-state index is 0.0439. The number of anilines is 1. The first-order valence-corrected chi connectivity index (χ1v) is 16.0. The second-order valence-electron chi connectivity index (χ2n) is 12.5. The zero-order valence-electron chi connectivity index (χ0n) is 26.7. The van der Waals surface area contributed by atoms with Gasteiger partial charge in [0.25, 0.3) is 0 Å². The maximum Gasteiger partial charge on any atom is 0.407 e. The summed E-state index contributed by atoms with van der Waals surface area (Å²) in [5, 5.41) is 7.44. The van der Waals surface area contributed by atoms with E-state index in [1.165, 1.54) is 7.11 Å². The Bertz CT molecular complexity index is 1610. The summed E-state index contributed by atoms with van der Waals surface area (Å²) >= 11 is 0. The zero-order chi connectivity index (χ0) is 32.8. The lowest BCUT2D eigenvalue weighted by molar-refractivity contribution is -0.139. The molecule has 10 heteroatoms. The average Bonchev–Trinajstić information content (AvgIpc) is 3.75. The monoisotopic (exact) mass is 626 g/mol. The van der Waals surface area contributed by atoms with Gasteiger partial charge in [-0.1, -0.05) is 68.4 Å². The number of ketones is 1. The van der Waals surface area contributed by atoms with Crippen LogP contribution in [0.1, 0.15) is 50.7 Å². The number of carbonyl (C=O) groups excluding carboxylic acids is 5. The lowest BCUT2D eigenvalue weighted by Gasteiger charge is -2.30. The summed E-state index contributed by atoms with van der Waals surface area (Å²) in [5.41, 5.74) is 2.40. The van der Waals surface area contributed by atoms with Crippen molar-refractivity contribution in [2.24, 2.45) is 5.92 Å². The third-order valence-electron chi connectivity index (χ3n) is 8.92. The van der Waals surface area contributed by atoms with Crippen LogP contribution in [0.4, 0.5) is 10.5 Å². The maximum absolute atomic E-state index is 13.4. The molecular formula is C36H42N4O6. The van der Waals surface area contributed by atoms with E-state index in [0.29, 0.717) is 31.6 Å². The molecule has 0 aliphatic carbocycles. The highest BCUT2D eigenvalue weighted by Crippen LogP contribution is 2.26. The van der Waals surface area contributed by atoms with Crippen molar-refractivity contribution in [3.8, 4) is 0 Å². The fraction of sp³-hybridized carbons (Fsp3) is 0.417. The van der Waals surface area contributed by atoms with Gasteiger partial charge >= 0.3 is 6.09 Å². The Labute approximate surface area is 269 Å². The summed E-state index contributed by atoms with van der Waals surface area (Å²) in [7, 11) is 1.25. The third-order valence-corrected chi connectivity index (χ3v) is 8.92. The molecule has 3 aromatic carbocycles. The van der Waals surface area contributed by atoms with Crippen LogP contribution < -0.4 is 10.6 Å². The lowest BCUT2D eigenvalue weighted by Crippen LogP contribution is -2.53. The van der Waals surface area contributed by atoms with Gasteiger partial charge < -0.3 is 25.2 Å². The fourth-order valence-corrected chi connectivity index (χ4v) is 6.48. The predicted molar refractivity (Wildman–Crippen MR) is 175 cm³/mol. The minimum atomic E-state index is -0.775. The number of carbonyl (C=O) groups is 5. The molecule has 0 radical (unpaired) electrons. The number of amides is 4. The van der Waals surface area contributed by atoms with Crippen LogP contribution in [-0.4, -0.2) is 77.7 Å². The Morgan fingerprint density at radius 2 is 1.48 bits per heavy atom. The predicted octanol–water partition coefficient (Wildman–Crippen LogP) is 4.50. The molecule has 3 atom stereocenters. The molecule has 0 aromatic heterocycles. The van der Waals surface area contributed by atoms with Gasteiger partial charge in [-0.2, -0.15) is 0 Å². The molecule has 0 bridgehead atoms. The van der Waals surface area contributed by atoms with Gasteiger partial charge in [0.15, 0.2) is 5.78 Å². The van der Waals surface area contributed by atoms with Crippen molar-refractivity contribution in [2.45, 2.75) is 70.5 Å². The van der Waals surface area contributed by atoms with Crippen molar-refractivity contribution in [1.29, 1.82) is 0 Å². The standard InChI is InChI=1S/C36H42N4O6/c1-23(2)33(38-36(45)46-3)35(44)40-18-7-11-29(40)31(41)20-25-13-14-27-22-28(16-15-26(27)19-25)37-34(43)30-12-8-17-39(30)32(42)21-24-9-5-4-6-10-24/h4-6,9-10,13-16,19,22-23,29-30,33H,7-8,11-12,17-18,20-21H2,1-3H3,(H,37,43)(H,38,45)/t29-,30-,33-/m0/s1. The van der Waals surface area contributed by atoms with Crippen molar-refractivity contribution in [1.82, 2.24) is 15.1 Å². The zero-order valence-corrected chi connectivity index (χ0v) is 26.7. The number of fused-ring (bicyclic) bond motifs is 1. The fourth-order valence-electron chi connectivity index (χ4n) is 6.48. The van der Waals surface area contributed by atoms with Crippen molar-refractivity contribution >= 4 is 46.1 Å². The first kappa shape index (κ1) is 32.7. The molecule has 2 N–H and O–H groups in total. The summed E-state index contributed by atoms with van der Waals surface area (Å²) in [6, 6.07) is 19.1. The smallest absolute Gasteiger partial charge is 0.407 e. The van der Waals surface area contributed by atoms with Crippen LogP contribution in [0.3, 0.4) is 0 Å². The summed E-state index contributed by atoms with van der Waals surface area (Å²) < 4.78 is 4.69. The van der Waals surface area contributed by atoms with E-state index >= 15 is 0 Å². The van der Waals surface area contributed by atoms with E-state index in [4.69, 9.17) is 0 Å². The summed E-state index contributed by atoms with van der Waals surface area (Å²) in [6.45, 7) is 4.72. The number of benzene rings is 3. The lowest BCUT2D eigenvalue weighted by atomic mass is 9.98. The highest BCUT2D eigenvalue weighted by atomic mass is 16.5. The molecule has 10 nitrogen and oxygen atoms in total. The van der Waals surface area contributed by atoms with Crippen LogP contribution in [0.2, 0.25) is 0 Å². The van der Waals surface area contributed by atoms with Crippen LogP contribution in [0.15, 0.2) is 66.7 Å². The number of rotatable bonds is 10. The first-order chi connectivity index (χ1) is 22.1. The molecule has 2 aliphatic heterocycles. The second kappa shape index (κ2) is 14.6. The number of alkyl carbamates (subject to hydrolysis) is 1. The largest absolute Gasteiger partial charge is 0.453 e. The number of ether oxygens (including phenoxy) is 1. The topological polar surface area (TPSA) is 125 Å². The van der Waals surface area contributed by atoms with E-state index in [1.807, 2.05) is 80.6 Å². The van der Waals surface area contributed by atoms with Gasteiger partial charge in [0, 0.05) is 25.2 Å². The van der Waals surface area contributed by atoms with Gasteiger partial charge in [0.2, 0.25) is 17.7 Å². The maximum atomic E-state index is 13.4. The molecule has 46 heavy (non-hydrogen) atoms. The highest BCUT2D eigenvalue weighted by Gasteiger charge is 2.38. The summed E-state index contributed by atoms with van der Waals surface area (Å²) in [6.07, 6.45) is 2.48. The van der Waals surface area contributed by atoms with Crippen molar-refractivity contribution in [3.05, 3.63) is 77.9 Å². The molecule has 2 heterocycles. The van der Waals surface area contributed by atoms with Crippen molar-refractivity contribution in [2.75, 3.05) is 25.5 Å². The number of methoxy groups -OCH3 is 1. The molecular weight excluding hydrogens is 584 g/mol. The molecule has 3 aromatic rings. The summed E-state index contributed by atoms with van der Waals surface area (Å²) in [5.74, 6) is -0.731. The normalized spacial score (nSPS) is 18.4. The molecule has 0 saturated carbocycles. The van der Waals surface area contributed by atoms with Crippen LogP contribution >= 0.6 is 0 Å². The Morgan fingerprint density at radius 3 is 2.20 bits per heavy atom. The molecule has 0 spiro atoms.